The largest absolute Gasteiger partial charge is 0.504 e. The molecule has 116 valence electrons. The van der Waals surface area contributed by atoms with Gasteiger partial charge in [0.25, 0.3) is 0 Å². The van der Waals surface area contributed by atoms with E-state index in [1.807, 2.05) is 11.8 Å². The molecule has 2 rings (SSSR count). The Hall–Kier alpha value is -1.96. The molecule has 7 nitrogen and oxygen atoms in total. The summed E-state index contributed by atoms with van der Waals surface area (Å²) in [6.07, 6.45) is 3.92. The van der Waals surface area contributed by atoms with Crippen LogP contribution in [0.25, 0.3) is 0 Å². The predicted octanol–water partition coefficient (Wildman–Crippen LogP) is 1.72. The number of carboxylic acid groups (broad SMARTS) is 1. The van der Waals surface area contributed by atoms with Crippen LogP contribution in [0.4, 0.5) is 10.5 Å². The number of amides is 1. The molecule has 1 aromatic rings. The fourth-order valence-electron chi connectivity index (χ4n) is 1.32. The lowest BCUT2D eigenvalue weighted by Crippen LogP contribution is -2.31. The molecule has 1 fully saturated rings. The predicted molar refractivity (Wildman–Crippen MR) is 84.7 cm³/mol. The molecule has 2 N–H and O–H groups in total. The van der Waals surface area contributed by atoms with E-state index in [1.165, 1.54) is 20.3 Å². The van der Waals surface area contributed by atoms with Crippen molar-refractivity contribution >= 4 is 29.9 Å². The second-order valence-electron chi connectivity index (χ2n) is 4.43. The van der Waals surface area contributed by atoms with Crippen molar-refractivity contribution in [1.82, 2.24) is 14.8 Å². The Balaban J connectivity index is 0.000000315. The lowest BCUT2D eigenvalue weighted by Gasteiger charge is -2.23. The second kappa shape index (κ2) is 9.06. The molecular weight excluding hydrogens is 292 g/mol. The van der Waals surface area contributed by atoms with Crippen molar-refractivity contribution in [2.24, 2.45) is 4.99 Å². The Morgan fingerprint density at radius 2 is 2.10 bits per heavy atom. The monoisotopic (exact) mass is 312 g/mol. The zero-order valence-corrected chi connectivity index (χ0v) is 13.0. The molecule has 1 saturated heterocycles. The van der Waals surface area contributed by atoms with E-state index in [0.29, 0.717) is 5.69 Å². The molecule has 0 saturated carbocycles. The first-order valence-corrected chi connectivity index (χ1v) is 7.55. The van der Waals surface area contributed by atoms with Crippen LogP contribution in [-0.4, -0.2) is 76.1 Å². The maximum atomic E-state index is 9.62. The van der Waals surface area contributed by atoms with Crippen LogP contribution in [-0.2, 0) is 0 Å². The third kappa shape index (κ3) is 6.84. The van der Waals surface area contributed by atoms with Gasteiger partial charge in [-0.1, -0.05) is 0 Å². The van der Waals surface area contributed by atoms with E-state index in [4.69, 9.17) is 5.11 Å². The summed E-state index contributed by atoms with van der Waals surface area (Å²) in [5.74, 6) is 2.42. The topological polar surface area (TPSA) is 89.3 Å². The SMILES string of the molecule is CN(C)C(=O)O.Oc1cnccc1N=CN1CCSCC1. The minimum absolute atomic E-state index is 0.125. The molecule has 1 amide bonds. The average Bonchev–Trinajstić information content (AvgIpc) is 2.48. The second-order valence-corrected chi connectivity index (χ2v) is 5.66. The van der Waals surface area contributed by atoms with Gasteiger partial charge in [-0.15, -0.1) is 0 Å². The molecule has 1 aromatic heterocycles. The summed E-state index contributed by atoms with van der Waals surface area (Å²) in [6, 6.07) is 1.70. The standard InChI is InChI=1S/C10H13N3OS.C3H7NO2/c14-10-7-11-2-1-9(10)12-8-13-3-5-15-6-4-13;1-4(2)3(5)6/h1-2,7-8,14H,3-6H2;1-2H3,(H,5,6). The Kier molecular flexibility index (Phi) is 7.38. The van der Waals surface area contributed by atoms with Gasteiger partial charge in [0.2, 0.25) is 0 Å². The van der Waals surface area contributed by atoms with E-state index in [-0.39, 0.29) is 5.75 Å². The quantitative estimate of drug-likeness (QED) is 0.638. The molecule has 0 unspecified atom stereocenters. The molecule has 1 aliphatic heterocycles. The molecular formula is C13H20N4O3S. The number of hydrogen-bond donors (Lipinski definition) is 2. The smallest absolute Gasteiger partial charge is 0.406 e. The van der Waals surface area contributed by atoms with Crippen LogP contribution in [0.2, 0.25) is 0 Å². The third-order valence-corrected chi connectivity index (χ3v) is 3.51. The first-order valence-electron chi connectivity index (χ1n) is 6.40. The molecule has 8 heteroatoms. The van der Waals surface area contributed by atoms with Crippen LogP contribution < -0.4 is 0 Å². The van der Waals surface area contributed by atoms with E-state index in [1.54, 1.807) is 18.6 Å². The molecule has 0 radical (unpaired) electrons. The number of carbonyl (C=O) groups is 1. The van der Waals surface area contributed by atoms with E-state index >= 15 is 0 Å². The molecule has 0 atom stereocenters. The van der Waals surface area contributed by atoms with Crippen molar-refractivity contribution in [3.8, 4) is 5.75 Å². The van der Waals surface area contributed by atoms with Gasteiger partial charge in [-0.25, -0.2) is 9.79 Å². The number of rotatable bonds is 2. The normalized spacial score (nSPS) is 14.5. The van der Waals surface area contributed by atoms with E-state index in [0.717, 1.165) is 29.5 Å². The number of aliphatic imine (C=N–C) groups is 1. The molecule has 2 heterocycles. The van der Waals surface area contributed by atoms with Crippen molar-refractivity contribution in [2.45, 2.75) is 0 Å². The van der Waals surface area contributed by atoms with E-state index in [2.05, 4.69) is 14.9 Å². The van der Waals surface area contributed by atoms with Gasteiger partial charge in [0.1, 0.15) is 5.69 Å². The van der Waals surface area contributed by atoms with Crippen molar-refractivity contribution in [2.75, 3.05) is 38.7 Å². The Bertz CT molecular complexity index is 476. The summed E-state index contributed by atoms with van der Waals surface area (Å²) in [6.45, 7) is 2.06. The van der Waals surface area contributed by atoms with Crippen LogP contribution >= 0.6 is 11.8 Å². The van der Waals surface area contributed by atoms with Gasteiger partial charge < -0.3 is 20.0 Å². The maximum Gasteiger partial charge on any atom is 0.406 e. The highest BCUT2D eigenvalue weighted by molar-refractivity contribution is 7.99. The summed E-state index contributed by atoms with van der Waals surface area (Å²) < 4.78 is 0. The van der Waals surface area contributed by atoms with Crippen LogP contribution in [0.15, 0.2) is 23.5 Å². The molecule has 0 aliphatic carbocycles. The first kappa shape index (κ1) is 17.1. The number of aromatic hydroxyl groups is 1. The van der Waals surface area contributed by atoms with Crippen LogP contribution in [0, 0.1) is 0 Å². The van der Waals surface area contributed by atoms with E-state index < -0.39 is 6.09 Å². The van der Waals surface area contributed by atoms with Crippen LogP contribution in [0.5, 0.6) is 5.75 Å². The Morgan fingerprint density at radius 3 is 2.62 bits per heavy atom. The minimum Gasteiger partial charge on any atom is -0.504 e. The van der Waals surface area contributed by atoms with Gasteiger partial charge in [-0.2, -0.15) is 11.8 Å². The van der Waals surface area contributed by atoms with Crippen LogP contribution in [0.1, 0.15) is 0 Å². The van der Waals surface area contributed by atoms with Gasteiger partial charge >= 0.3 is 6.09 Å². The zero-order chi connectivity index (χ0) is 15.7. The minimum atomic E-state index is -0.907. The van der Waals surface area contributed by atoms with Crippen molar-refractivity contribution in [3.05, 3.63) is 18.5 Å². The Labute approximate surface area is 128 Å². The summed E-state index contributed by atoms with van der Waals surface area (Å²) in [4.78, 5) is 20.9. The summed E-state index contributed by atoms with van der Waals surface area (Å²) in [5.41, 5.74) is 0.572. The van der Waals surface area contributed by atoms with Crippen molar-refractivity contribution < 1.29 is 15.0 Å². The molecule has 0 bridgehead atoms. The molecule has 0 aromatic carbocycles. The number of hydrogen-bond acceptors (Lipinski definition) is 5. The highest BCUT2D eigenvalue weighted by Crippen LogP contribution is 2.23. The van der Waals surface area contributed by atoms with E-state index in [9.17, 15) is 9.90 Å². The summed E-state index contributed by atoms with van der Waals surface area (Å²) in [5, 5.41) is 17.4. The fourth-order valence-corrected chi connectivity index (χ4v) is 2.26. The number of aromatic nitrogens is 1. The number of thioether (sulfide) groups is 1. The number of pyridine rings is 1. The lowest BCUT2D eigenvalue weighted by atomic mass is 10.4. The highest BCUT2D eigenvalue weighted by atomic mass is 32.2. The highest BCUT2D eigenvalue weighted by Gasteiger charge is 2.06. The van der Waals surface area contributed by atoms with Crippen molar-refractivity contribution in [1.29, 1.82) is 0 Å². The van der Waals surface area contributed by atoms with Gasteiger partial charge in [-0.05, 0) is 6.07 Å². The van der Waals surface area contributed by atoms with Gasteiger partial charge in [-0.3, -0.25) is 4.98 Å². The van der Waals surface area contributed by atoms with Gasteiger partial charge in [0.15, 0.2) is 5.75 Å². The fraction of sp³-hybridized carbons (Fsp3) is 0.462. The zero-order valence-electron chi connectivity index (χ0n) is 12.1. The van der Waals surface area contributed by atoms with Gasteiger partial charge in [0.05, 0.1) is 12.5 Å². The molecule has 21 heavy (non-hydrogen) atoms. The number of nitrogens with zero attached hydrogens (tertiary/aromatic N) is 4. The lowest BCUT2D eigenvalue weighted by molar-refractivity contribution is 0.165. The van der Waals surface area contributed by atoms with Gasteiger partial charge in [0, 0.05) is 44.9 Å². The van der Waals surface area contributed by atoms with Crippen LogP contribution in [0.3, 0.4) is 0 Å². The third-order valence-electron chi connectivity index (χ3n) is 2.57. The average molecular weight is 312 g/mol. The first-order chi connectivity index (χ1) is 10.0. The summed E-state index contributed by atoms with van der Waals surface area (Å²) >= 11 is 1.96. The maximum absolute atomic E-state index is 9.62. The molecule has 1 aliphatic rings. The summed E-state index contributed by atoms with van der Waals surface area (Å²) in [7, 11) is 2.95. The Morgan fingerprint density at radius 1 is 1.48 bits per heavy atom. The molecule has 0 spiro atoms. The van der Waals surface area contributed by atoms with Crippen molar-refractivity contribution in [3.63, 3.8) is 0 Å².